The molecule has 3 aliphatic rings. The van der Waals surface area contributed by atoms with Crippen molar-refractivity contribution in [3.8, 4) is 5.75 Å². The SMILES string of the molecule is C[C@]1(C(=O)c2c(F)c(F)c(F)c(F)c2F)[C@H]2c3ccccc3OC(=O)[C@]21C(=O)NC1CCCCC1. The third kappa shape index (κ3) is 2.94. The first-order valence-electron chi connectivity index (χ1n) is 11.3. The predicted molar refractivity (Wildman–Crippen MR) is 111 cm³/mol. The van der Waals surface area contributed by atoms with Gasteiger partial charge in [0, 0.05) is 17.5 Å². The number of ketones is 1. The molecule has 35 heavy (non-hydrogen) atoms. The molecule has 1 amide bonds. The lowest BCUT2D eigenvalue weighted by Gasteiger charge is -2.28. The van der Waals surface area contributed by atoms with Gasteiger partial charge in [0.1, 0.15) is 5.75 Å². The number of para-hydroxylation sites is 1. The number of carbonyl (C=O) groups is 3. The third-order valence-corrected chi connectivity index (χ3v) is 7.71. The Kier molecular flexibility index (Phi) is 5.26. The molecule has 0 bridgehead atoms. The summed E-state index contributed by atoms with van der Waals surface area (Å²) in [6.07, 6.45) is 3.94. The number of ether oxygens (including phenoxy) is 1. The molecule has 3 atom stereocenters. The van der Waals surface area contributed by atoms with Crippen molar-refractivity contribution in [3.63, 3.8) is 0 Å². The first-order valence-corrected chi connectivity index (χ1v) is 11.3. The second-order valence-electron chi connectivity index (χ2n) is 9.45. The third-order valence-electron chi connectivity index (χ3n) is 7.71. The maximum atomic E-state index is 14.6. The number of esters is 1. The van der Waals surface area contributed by atoms with Crippen molar-refractivity contribution in [2.24, 2.45) is 10.8 Å². The van der Waals surface area contributed by atoms with E-state index in [4.69, 9.17) is 4.74 Å². The van der Waals surface area contributed by atoms with Gasteiger partial charge in [-0.25, -0.2) is 22.0 Å². The number of halogens is 5. The minimum atomic E-state index is -2.41. The highest BCUT2D eigenvalue weighted by Crippen LogP contribution is 2.78. The molecule has 1 aliphatic heterocycles. The van der Waals surface area contributed by atoms with E-state index in [1.807, 2.05) is 0 Å². The Morgan fingerprint density at radius 1 is 0.914 bits per heavy atom. The van der Waals surface area contributed by atoms with Crippen LogP contribution in [0, 0.1) is 39.9 Å². The molecule has 2 aromatic rings. The molecule has 0 radical (unpaired) electrons. The highest BCUT2D eigenvalue weighted by Gasteiger charge is 2.88. The van der Waals surface area contributed by atoms with Gasteiger partial charge in [-0.15, -0.1) is 0 Å². The van der Waals surface area contributed by atoms with Gasteiger partial charge in [-0.1, -0.05) is 37.5 Å². The van der Waals surface area contributed by atoms with Crippen molar-refractivity contribution in [1.82, 2.24) is 5.32 Å². The van der Waals surface area contributed by atoms with Crippen molar-refractivity contribution in [2.75, 3.05) is 0 Å². The fourth-order valence-corrected chi connectivity index (χ4v) is 5.87. The van der Waals surface area contributed by atoms with Gasteiger partial charge in [-0.2, -0.15) is 0 Å². The molecule has 5 rings (SSSR count). The van der Waals surface area contributed by atoms with Crippen LogP contribution in [0.1, 0.15) is 60.9 Å². The van der Waals surface area contributed by atoms with E-state index >= 15 is 0 Å². The van der Waals surface area contributed by atoms with Crippen molar-refractivity contribution < 1.29 is 41.1 Å². The summed E-state index contributed by atoms with van der Waals surface area (Å²) in [5, 5.41) is 2.77. The molecule has 0 spiro atoms. The predicted octanol–water partition coefficient (Wildman–Crippen LogP) is 4.72. The Hall–Kier alpha value is -3.30. The number of Topliss-reactive ketones (excluding diaryl/α,β-unsaturated/α-hetero) is 1. The van der Waals surface area contributed by atoms with Crippen LogP contribution in [0.4, 0.5) is 22.0 Å². The van der Waals surface area contributed by atoms with Crippen LogP contribution in [-0.2, 0) is 9.59 Å². The van der Waals surface area contributed by atoms with Crippen LogP contribution in [0.3, 0.4) is 0 Å². The van der Waals surface area contributed by atoms with E-state index in [0.29, 0.717) is 12.8 Å². The Morgan fingerprint density at radius 3 is 2.11 bits per heavy atom. The Bertz CT molecular complexity index is 1260. The summed E-state index contributed by atoms with van der Waals surface area (Å²) in [5.74, 6) is -16.3. The molecule has 184 valence electrons. The molecule has 1 N–H and O–H groups in total. The minimum Gasteiger partial charge on any atom is -0.425 e. The number of nitrogens with one attached hydrogen (secondary N) is 1. The molecule has 5 nitrogen and oxygen atoms in total. The summed E-state index contributed by atoms with van der Waals surface area (Å²) >= 11 is 0. The highest BCUT2D eigenvalue weighted by atomic mass is 19.2. The Labute approximate surface area is 196 Å². The van der Waals surface area contributed by atoms with E-state index in [9.17, 15) is 36.3 Å². The van der Waals surface area contributed by atoms with Gasteiger partial charge in [0.15, 0.2) is 34.5 Å². The summed E-state index contributed by atoms with van der Waals surface area (Å²) < 4.78 is 76.1. The van der Waals surface area contributed by atoms with Gasteiger partial charge < -0.3 is 10.1 Å². The zero-order valence-corrected chi connectivity index (χ0v) is 18.5. The average Bonchev–Trinajstić information content (AvgIpc) is 3.45. The molecule has 2 aliphatic carbocycles. The number of fused-ring (bicyclic) bond motifs is 3. The smallest absolute Gasteiger partial charge is 0.328 e. The van der Waals surface area contributed by atoms with Crippen LogP contribution in [0.5, 0.6) is 5.75 Å². The number of hydrogen-bond donors (Lipinski definition) is 1. The van der Waals surface area contributed by atoms with Crippen LogP contribution in [-0.4, -0.2) is 23.7 Å². The van der Waals surface area contributed by atoms with Gasteiger partial charge in [-0.3, -0.25) is 14.4 Å². The van der Waals surface area contributed by atoms with Crippen molar-refractivity contribution in [2.45, 2.75) is 51.0 Å². The number of rotatable bonds is 4. The summed E-state index contributed by atoms with van der Waals surface area (Å²) in [7, 11) is 0. The normalized spacial score (nSPS) is 27.5. The van der Waals surface area contributed by atoms with Gasteiger partial charge >= 0.3 is 5.97 Å². The van der Waals surface area contributed by atoms with Gasteiger partial charge in [0.05, 0.1) is 11.0 Å². The fourth-order valence-electron chi connectivity index (χ4n) is 5.87. The highest BCUT2D eigenvalue weighted by molar-refractivity contribution is 6.21. The number of amides is 1. The zero-order chi connectivity index (χ0) is 25.3. The van der Waals surface area contributed by atoms with E-state index in [-0.39, 0.29) is 17.4 Å². The molecule has 10 heteroatoms. The maximum absolute atomic E-state index is 14.6. The minimum absolute atomic E-state index is 0.0533. The van der Waals surface area contributed by atoms with E-state index in [2.05, 4.69) is 5.32 Å². The van der Waals surface area contributed by atoms with Gasteiger partial charge in [0.2, 0.25) is 11.7 Å². The monoisotopic (exact) mass is 493 g/mol. The molecule has 2 aromatic carbocycles. The summed E-state index contributed by atoms with van der Waals surface area (Å²) in [4.78, 5) is 40.5. The number of benzene rings is 2. The van der Waals surface area contributed by atoms with E-state index < -0.39 is 69.1 Å². The van der Waals surface area contributed by atoms with E-state index in [1.54, 1.807) is 12.1 Å². The largest absolute Gasteiger partial charge is 0.425 e. The number of carbonyl (C=O) groups excluding carboxylic acids is 3. The average molecular weight is 493 g/mol. The molecular formula is C25H20F5NO4. The van der Waals surface area contributed by atoms with Crippen LogP contribution in [0.15, 0.2) is 24.3 Å². The maximum Gasteiger partial charge on any atom is 0.328 e. The van der Waals surface area contributed by atoms with Gasteiger partial charge in [0.25, 0.3) is 0 Å². The zero-order valence-electron chi connectivity index (χ0n) is 18.5. The van der Waals surface area contributed by atoms with Crippen LogP contribution >= 0.6 is 0 Å². The first-order chi connectivity index (χ1) is 16.6. The Balaban J connectivity index is 1.66. The standard InChI is InChI=1S/C25H20F5NO4/c1-24(21(32)14-15(26)17(28)19(30)18(29)16(14)27)20-12-9-5-6-10-13(12)35-23(34)25(20,24)22(33)31-11-7-3-2-4-8-11/h5-6,9-11,20H,2-4,7-8H2,1H3,(H,31,33)/t20-,24-,25-/m1/s1. The van der Waals surface area contributed by atoms with Crippen molar-refractivity contribution >= 4 is 17.7 Å². The first kappa shape index (κ1) is 23.4. The second kappa shape index (κ2) is 7.86. The van der Waals surface area contributed by atoms with Crippen LogP contribution in [0.25, 0.3) is 0 Å². The quantitative estimate of drug-likeness (QED) is 0.127. The molecule has 0 saturated heterocycles. The molecular weight excluding hydrogens is 473 g/mol. The van der Waals surface area contributed by atoms with E-state index in [0.717, 1.165) is 26.2 Å². The van der Waals surface area contributed by atoms with E-state index in [1.165, 1.54) is 12.1 Å². The summed E-state index contributed by atoms with van der Waals surface area (Å²) in [6.45, 7) is 1.13. The van der Waals surface area contributed by atoms with Crippen LogP contribution in [0.2, 0.25) is 0 Å². The molecule has 2 saturated carbocycles. The lowest BCUT2D eigenvalue weighted by atomic mass is 9.85. The summed E-state index contributed by atoms with van der Waals surface area (Å²) in [6, 6.07) is 5.74. The topological polar surface area (TPSA) is 72.5 Å². The molecule has 0 aromatic heterocycles. The molecule has 2 fully saturated rings. The van der Waals surface area contributed by atoms with Gasteiger partial charge in [-0.05, 0) is 25.8 Å². The lowest BCUT2D eigenvalue weighted by Crippen LogP contribution is -2.49. The number of hydrogen-bond acceptors (Lipinski definition) is 4. The van der Waals surface area contributed by atoms with Crippen LogP contribution < -0.4 is 10.1 Å². The van der Waals surface area contributed by atoms with Crippen molar-refractivity contribution in [3.05, 3.63) is 64.5 Å². The lowest BCUT2D eigenvalue weighted by molar-refractivity contribution is -0.149. The fraction of sp³-hybridized carbons (Fsp3) is 0.400. The second-order valence-corrected chi connectivity index (χ2v) is 9.45. The molecule has 1 heterocycles. The Morgan fingerprint density at radius 2 is 1.49 bits per heavy atom. The summed E-state index contributed by atoms with van der Waals surface area (Å²) in [5.41, 5.74) is -5.82. The van der Waals surface area contributed by atoms with Crippen molar-refractivity contribution in [1.29, 1.82) is 0 Å². The molecule has 0 unspecified atom stereocenters.